The first kappa shape index (κ1) is 11.5. The lowest BCUT2D eigenvalue weighted by atomic mass is 10.2. The minimum Gasteiger partial charge on any atom is -0.504 e. The summed E-state index contributed by atoms with van der Waals surface area (Å²) in [6, 6.07) is 7.54. The van der Waals surface area contributed by atoms with Crippen LogP contribution in [-0.2, 0) is 6.42 Å². The quantitative estimate of drug-likeness (QED) is 0.881. The van der Waals surface area contributed by atoms with Gasteiger partial charge in [0.1, 0.15) is 11.4 Å². The van der Waals surface area contributed by atoms with Crippen molar-refractivity contribution in [3.8, 4) is 17.2 Å². The molecule has 0 aliphatic heterocycles. The maximum absolute atomic E-state index is 9.72. The summed E-state index contributed by atoms with van der Waals surface area (Å²) in [6.07, 6.45) is 3.38. The number of hydrogen-bond donors (Lipinski definition) is 1. The van der Waals surface area contributed by atoms with E-state index in [1.54, 1.807) is 18.0 Å². The number of aromatic nitrogens is 2. The number of rotatable bonds is 4. The summed E-state index contributed by atoms with van der Waals surface area (Å²) in [5, 5.41) is 14.1. The molecule has 0 saturated heterocycles. The number of hydrogen-bond acceptors (Lipinski definition) is 3. The molecule has 0 radical (unpaired) electrons. The maximum atomic E-state index is 9.72. The van der Waals surface area contributed by atoms with Crippen molar-refractivity contribution in [1.82, 2.24) is 9.78 Å². The Morgan fingerprint density at radius 3 is 2.59 bits per heavy atom. The Kier molecular flexibility index (Phi) is 3.32. The molecule has 0 unspecified atom stereocenters. The molecule has 0 aliphatic rings. The fourth-order valence-electron chi connectivity index (χ4n) is 1.68. The van der Waals surface area contributed by atoms with Crippen LogP contribution in [0.2, 0.25) is 0 Å². The van der Waals surface area contributed by atoms with E-state index in [1.165, 1.54) is 0 Å². The maximum Gasteiger partial charge on any atom is 0.157 e. The van der Waals surface area contributed by atoms with Crippen molar-refractivity contribution < 1.29 is 9.84 Å². The van der Waals surface area contributed by atoms with Gasteiger partial charge in [-0.2, -0.15) is 5.10 Å². The molecule has 1 N–H and O–H groups in total. The molecule has 0 saturated carbocycles. The van der Waals surface area contributed by atoms with E-state index in [0.717, 1.165) is 30.0 Å². The third-order valence-electron chi connectivity index (χ3n) is 2.59. The Hall–Kier alpha value is -1.97. The zero-order valence-electron chi connectivity index (χ0n) is 10.1. The Labute approximate surface area is 100 Å². The molecule has 0 bridgehead atoms. The van der Waals surface area contributed by atoms with E-state index in [4.69, 9.17) is 4.74 Å². The molecular weight excluding hydrogens is 216 g/mol. The van der Waals surface area contributed by atoms with Crippen molar-refractivity contribution >= 4 is 0 Å². The van der Waals surface area contributed by atoms with E-state index in [1.807, 2.05) is 24.3 Å². The Bertz CT molecular complexity index is 489. The first-order valence-electron chi connectivity index (χ1n) is 5.66. The summed E-state index contributed by atoms with van der Waals surface area (Å²) in [5.74, 6) is 1.06. The van der Waals surface area contributed by atoms with Crippen molar-refractivity contribution in [2.45, 2.75) is 19.8 Å². The SMILES string of the molecule is CCCc1nn(-c2ccc(OC)cc2)cc1O. The van der Waals surface area contributed by atoms with Gasteiger partial charge in [0, 0.05) is 0 Å². The van der Waals surface area contributed by atoms with Crippen molar-refractivity contribution in [2.24, 2.45) is 0 Å². The molecule has 1 aromatic heterocycles. The molecule has 4 nitrogen and oxygen atoms in total. The largest absolute Gasteiger partial charge is 0.504 e. The van der Waals surface area contributed by atoms with Gasteiger partial charge in [-0.25, -0.2) is 4.68 Å². The molecule has 4 heteroatoms. The van der Waals surface area contributed by atoms with Crippen LogP contribution in [0.1, 0.15) is 19.0 Å². The number of nitrogens with zero attached hydrogens (tertiary/aromatic N) is 2. The second-order valence-electron chi connectivity index (χ2n) is 3.85. The molecule has 17 heavy (non-hydrogen) atoms. The highest BCUT2D eigenvalue weighted by Crippen LogP contribution is 2.20. The lowest BCUT2D eigenvalue weighted by Crippen LogP contribution is -1.96. The molecule has 1 aromatic carbocycles. The molecule has 0 aliphatic carbocycles. The summed E-state index contributed by atoms with van der Waals surface area (Å²) in [7, 11) is 1.63. The highest BCUT2D eigenvalue weighted by atomic mass is 16.5. The minimum absolute atomic E-state index is 0.252. The van der Waals surface area contributed by atoms with Crippen LogP contribution in [0.15, 0.2) is 30.5 Å². The predicted octanol–water partition coefficient (Wildman–Crippen LogP) is 2.54. The van der Waals surface area contributed by atoms with Gasteiger partial charge < -0.3 is 9.84 Å². The van der Waals surface area contributed by atoms with E-state index in [2.05, 4.69) is 12.0 Å². The van der Waals surface area contributed by atoms with Gasteiger partial charge in [-0.1, -0.05) is 13.3 Å². The van der Waals surface area contributed by atoms with Crippen molar-refractivity contribution in [2.75, 3.05) is 7.11 Å². The summed E-state index contributed by atoms with van der Waals surface area (Å²) in [5.41, 5.74) is 1.65. The molecule has 0 fully saturated rings. The Balaban J connectivity index is 2.29. The monoisotopic (exact) mass is 232 g/mol. The van der Waals surface area contributed by atoms with E-state index < -0.39 is 0 Å². The topological polar surface area (TPSA) is 47.3 Å². The number of aryl methyl sites for hydroxylation is 1. The normalized spacial score (nSPS) is 10.5. The molecule has 0 amide bonds. The molecular formula is C13H16N2O2. The van der Waals surface area contributed by atoms with Gasteiger partial charge in [-0.3, -0.25) is 0 Å². The second kappa shape index (κ2) is 4.91. The van der Waals surface area contributed by atoms with Gasteiger partial charge in [-0.15, -0.1) is 0 Å². The van der Waals surface area contributed by atoms with Crippen molar-refractivity contribution in [1.29, 1.82) is 0 Å². The first-order chi connectivity index (χ1) is 8.24. The third-order valence-corrected chi connectivity index (χ3v) is 2.59. The molecule has 2 rings (SSSR count). The van der Waals surface area contributed by atoms with Gasteiger partial charge >= 0.3 is 0 Å². The number of aromatic hydroxyl groups is 1. The molecule has 2 aromatic rings. The summed E-state index contributed by atoms with van der Waals surface area (Å²) in [4.78, 5) is 0. The number of benzene rings is 1. The van der Waals surface area contributed by atoms with Gasteiger partial charge in [-0.05, 0) is 30.7 Å². The number of ether oxygens (including phenoxy) is 1. The predicted molar refractivity (Wildman–Crippen MR) is 65.8 cm³/mol. The minimum atomic E-state index is 0.252. The van der Waals surface area contributed by atoms with Crippen molar-refractivity contribution in [3.05, 3.63) is 36.2 Å². The highest BCUT2D eigenvalue weighted by molar-refractivity contribution is 5.38. The fourth-order valence-corrected chi connectivity index (χ4v) is 1.68. The van der Waals surface area contributed by atoms with Crippen molar-refractivity contribution in [3.63, 3.8) is 0 Å². The fraction of sp³-hybridized carbons (Fsp3) is 0.308. The van der Waals surface area contributed by atoms with Crippen LogP contribution >= 0.6 is 0 Å². The van der Waals surface area contributed by atoms with Gasteiger partial charge in [0.25, 0.3) is 0 Å². The van der Waals surface area contributed by atoms with Crippen LogP contribution in [0.3, 0.4) is 0 Å². The summed E-state index contributed by atoms with van der Waals surface area (Å²) >= 11 is 0. The molecule has 0 atom stereocenters. The van der Waals surface area contributed by atoms with Crippen LogP contribution < -0.4 is 4.74 Å². The zero-order chi connectivity index (χ0) is 12.3. The summed E-state index contributed by atoms with van der Waals surface area (Å²) in [6.45, 7) is 2.06. The van der Waals surface area contributed by atoms with Gasteiger partial charge in [0.15, 0.2) is 5.75 Å². The van der Waals surface area contributed by atoms with Gasteiger partial charge in [0.2, 0.25) is 0 Å². The number of methoxy groups -OCH3 is 1. The summed E-state index contributed by atoms with van der Waals surface area (Å²) < 4.78 is 6.77. The van der Waals surface area contributed by atoms with Crippen LogP contribution in [-0.4, -0.2) is 22.0 Å². The molecule has 0 spiro atoms. The smallest absolute Gasteiger partial charge is 0.157 e. The Morgan fingerprint density at radius 1 is 1.29 bits per heavy atom. The average molecular weight is 232 g/mol. The van der Waals surface area contributed by atoms with Crippen LogP contribution in [0.5, 0.6) is 11.5 Å². The first-order valence-corrected chi connectivity index (χ1v) is 5.66. The lowest BCUT2D eigenvalue weighted by molar-refractivity contribution is 0.414. The Morgan fingerprint density at radius 2 is 2.00 bits per heavy atom. The lowest BCUT2D eigenvalue weighted by Gasteiger charge is -2.02. The van der Waals surface area contributed by atoms with Gasteiger partial charge in [0.05, 0.1) is 19.0 Å². The van der Waals surface area contributed by atoms with Crippen LogP contribution in [0.4, 0.5) is 0 Å². The molecule has 90 valence electrons. The van der Waals surface area contributed by atoms with E-state index >= 15 is 0 Å². The van der Waals surface area contributed by atoms with E-state index in [9.17, 15) is 5.11 Å². The highest BCUT2D eigenvalue weighted by Gasteiger charge is 2.07. The zero-order valence-corrected chi connectivity index (χ0v) is 10.1. The van der Waals surface area contributed by atoms with Crippen LogP contribution in [0, 0.1) is 0 Å². The molecule has 1 heterocycles. The van der Waals surface area contributed by atoms with E-state index in [0.29, 0.717) is 0 Å². The van der Waals surface area contributed by atoms with E-state index in [-0.39, 0.29) is 5.75 Å². The van der Waals surface area contributed by atoms with Crippen LogP contribution in [0.25, 0.3) is 5.69 Å². The second-order valence-corrected chi connectivity index (χ2v) is 3.85. The standard InChI is InChI=1S/C13H16N2O2/c1-3-4-12-13(16)9-15(14-12)10-5-7-11(17-2)8-6-10/h5-9,16H,3-4H2,1-2H3. The average Bonchev–Trinajstić information content (AvgIpc) is 2.72. The third kappa shape index (κ3) is 2.41.